The van der Waals surface area contributed by atoms with Crippen molar-refractivity contribution >= 4 is 21.6 Å². The van der Waals surface area contributed by atoms with Crippen LogP contribution in [-0.4, -0.2) is 55.8 Å². The van der Waals surface area contributed by atoms with Crippen LogP contribution in [0, 0.1) is 0 Å². The Hall–Kier alpha value is -3.00. The Morgan fingerprint density at radius 2 is 1.42 bits per heavy atom. The highest BCUT2D eigenvalue weighted by Gasteiger charge is 2.31. The number of para-hydroxylation sites is 1. The Labute approximate surface area is 195 Å². The molecule has 1 saturated heterocycles. The summed E-state index contributed by atoms with van der Waals surface area (Å²) in [5.41, 5.74) is 3.56. The molecule has 1 fully saturated rings. The fourth-order valence-electron chi connectivity index (χ4n) is 4.11. The second-order valence-corrected chi connectivity index (χ2v) is 10.2. The monoisotopic (exact) mass is 463 g/mol. The van der Waals surface area contributed by atoms with Crippen molar-refractivity contribution in [3.05, 3.63) is 90.5 Å². The normalized spacial score (nSPS) is 16.3. The van der Waals surface area contributed by atoms with Crippen LogP contribution in [0.2, 0.25) is 0 Å². The van der Waals surface area contributed by atoms with Gasteiger partial charge < -0.3 is 5.32 Å². The summed E-state index contributed by atoms with van der Waals surface area (Å²) in [6, 6.07) is 26.6. The number of sulfonamides is 1. The van der Waals surface area contributed by atoms with E-state index in [0.717, 1.165) is 22.4 Å². The highest BCUT2D eigenvalue weighted by atomic mass is 32.2. The van der Waals surface area contributed by atoms with Gasteiger partial charge in [0.1, 0.15) is 0 Å². The highest BCUT2D eigenvalue weighted by molar-refractivity contribution is 7.88. The van der Waals surface area contributed by atoms with Gasteiger partial charge in [0.25, 0.3) is 0 Å². The van der Waals surface area contributed by atoms with Gasteiger partial charge in [-0.2, -0.15) is 4.31 Å². The number of rotatable bonds is 7. The van der Waals surface area contributed by atoms with Crippen LogP contribution in [0.15, 0.2) is 84.9 Å². The van der Waals surface area contributed by atoms with Crippen LogP contribution in [-0.2, 0) is 20.6 Å². The van der Waals surface area contributed by atoms with Crippen LogP contribution >= 0.6 is 0 Å². The van der Waals surface area contributed by atoms with Crippen molar-refractivity contribution in [1.29, 1.82) is 0 Å². The summed E-state index contributed by atoms with van der Waals surface area (Å²) in [4.78, 5) is 15.1. The van der Waals surface area contributed by atoms with Crippen molar-refractivity contribution in [2.45, 2.75) is 18.7 Å². The Balaban J connectivity index is 1.37. The van der Waals surface area contributed by atoms with Crippen molar-refractivity contribution in [1.82, 2.24) is 9.21 Å². The van der Waals surface area contributed by atoms with Gasteiger partial charge >= 0.3 is 0 Å². The van der Waals surface area contributed by atoms with E-state index in [4.69, 9.17) is 0 Å². The second kappa shape index (κ2) is 10.3. The van der Waals surface area contributed by atoms with Gasteiger partial charge in [0.05, 0.1) is 11.8 Å². The van der Waals surface area contributed by atoms with Crippen LogP contribution < -0.4 is 5.32 Å². The molecule has 1 aliphatic rings. The van der Waals surface area contributed by atoms with E-state index in [1.165, 1.54) is 4.31 Å². The maximum atomic E-state index is 13.0. The second-order valence-electron chi connectivity index (χ2n) is 8.25. The van der Waals surface area contributed by atoms with Crippen LogP contribution in [0.4, 0.5) is 5.69 Å². The minimum absolute atomic E-state index is 0.000149. The van der Waals surface area contributed by atoms with Crippen molar-refractivity contribution < 1.29 is 13.2 Å². The summed E-state index contributed by atoms with van der Waals surface area (Å²) in [5, 5.41) is 3.07. The van der Waals surface area contributed by atoms with Crippen molar-refractivity contribution in [3.8, 4) is 11.1 Å². The molecule has 33 heavy (non-hydrogen) atoms. The number of hydrogen-bond donors (Lipinski definition) is 1. The predicted molar refractivity (Wildman–Crippen MR) is 132 cm³/mol. The van der Waals surface area contributed by atoms with E-state index in [2.05, 4.69) is 5.32 Å². The molecule has 3 aromatic rings. The Bertz CT molecular complexity index is 1180. The summed E-state index contributed by atoms with van der Waals surface area (Å²) in [6.07, 6.45) is 0. The molecular weight excluding hydrogens is 434 g/mol. The van der Waals surface area contributed by atoms with E-state index >= 15 is 0 Å². The zero-order chi connectivity index (χ0) is 23.3. The number of benzene rings is 3. The van der Waals surface area contributed by atoms with Gasteiger partial charge in [0, 0.05) is 37.4 Å². The first-order valence-corrected chi connectivity index (χ1v) is 12.8. The fourth-order valence-corrected chi connectivity index (χ4v) is 5.63. The van der Waals surface area contributed by atoms with E-state index in [9.17, 15) is 13.2 Å². The molecule has 7 heteroatoms. The summed E-state index contributed by atoms with van der Waals surface area (Å²) in [5.74, 6) is -0.0980. The molecule has 0 aromatic heterocycles. The molecule has 1 heterocycles. The molecule has 0 bridgehead atoms. The molecule has 0 saturated carbocycles. The molecule has 1 amide bonds. The van der Waals surface area contributed by atoms with Gasteiger partial charge in [-0.25, -0.2) is 8.42 Å². The zero-order valence-corrected chi connectivity index (χ0v) is 19.5. The SMILES string of the molecule is C[C@H](C(=O)Nc1ccccc1-c1ccccc1)N1CCN(S(=O)(=O)Cc2ccccc2)CC1. The quantitative estimate of drug-likeness (QED) is 0.578. The third-order valence-electron chi connectivity index (χ3n) is 6.06. The van der Waals surface area contributed by atoms with Crippen molar-refractivity contribution in [3.63, 3.8) is 0 Å². The summed E-state index contributed by atoms with van der Waals surface area (Å²) < 4.78 is 27.1. The molecular formula is C26H29N3O3S. The number of amides is 1. The lowest BCUT2D eigenvalue weighted by Gasteiger charge is -2.36. The Morgan fingerprint density at radius 1 is 0.848 bits per heavy atom. The van der Waals surface area contributed by atoms with E-state index < -0.39 is 10.0 Å². The Kier molecular flexibility index (Phi) is 7.23. The van der Waals surface area contributed by atoms with Gasteiger partial charge in [0.2, 0.25) is 15.9 Å². The topological polar surface area (TPSA) is 69.7 Å². The minimum Gasteiger partial charge on any atom is -0.324 e. The molecule has 172 valence electrons. The lowest BCUT2D eigenvalue weighted by Crippen LogP contribution is -2.54. The molecule has 0 radical (unpaired) electrons. The fraction of sp³-hybridized carbons (Fsp3) is 0.269. The third kappa shape index (κ3) is 5.68. The number of carbonyl (C=O) groups excluding carboxylic acids is 1. The lowest BCUT2D eigenvalue weighted by atomic mass is 10.0. The van der Waals surface area contributed by atoms with Gasteiger partial charge in [-0.3, -0.25) is 9.69 Å². The zero-order valence-electron chi connectivity index (χ0n) is 18.7. The number of anilines is 1. The number of nitrogens with zero attached hydrogens (tertiary/aromatic N) is 2. The maximum Gasteiger partial charge on any atom is 0.241 e. The maximum absolute atomic E-state index is 13.0. The highest BCUT2D eigenvalue weighted by Crippen LogP contribution is 2.28. The summed E-state index contributed by atoms with van der Waals surface area (Å²) in [7, 11) is -3.38. The van der Waals surface area contributed by atoms with Crippen LogP contribution in [0.25, 0.3) is 11.1 Å². The van der Waals surface area contributed by atoms with Crippen LogP contribution in [0.1, 0.15) is 12.5 Å². The van der Waals surface area contributed by atoms with Gasteiger partial charge in [-0.15, -0.1) is 0 Å². The average molecular weight is 464 g/mol. The molecule has 4 rings (SSSR count). The molecule has 1 N–H and O–H groups in total. The van der Waals surface area contributed by atoms with E-state index in [1.54, 1.807) is 0 Å². The Morgan fingerprint density at radius 3 is 2.09 bits per heavy atom. The number of hydrogen-bond acceptors (Lipinski definition) is 4. The van der Waals surface area contributed by atoms with E-state index in [1.807, 2.05) is 96.8 Å². The van der Waals surface area contributed by atoms with Crippen molar-refractivity contribution in [2.24, 2.45) is 0 Å². The molecule has 0 spiro atoms. The van der Waals surface area contributed by atoms with Crippen LogP contribution in [0.5, 0.6) is 0 Å². The molecule has 6 nitrogen and oxygen atoms in total. The first kappa shape index (κ1) is 23.2. The molecule has 1 atom stereocenters. The first-order valence-electron chi connectivity index (χ1n) is 11.2. The predicted octanol–water partition coefficient (Wildman–Crippen LogP) is 3.83. The third-order valence-corrected chi connectivity index (χ3v) is 7.91. The largest absolute Gasteiger partial charge is 0.324 e. The molecule has 0 unspecified atom stereocenters. The average Bonchev–Trinajstić information content (AvgIpc) is 2.85. The molecule has 1 aliphatic heterocycles. The van der Waals surface area contributed by atoms with Gasteiger partial charge in [-0.1, -0.05) is 78.9 Å². The molecule has 3 aromatic carbocycles. The standard InChI is InChI=1S/C26H29N3O3S/c1-21(26(30)27-25-15-9-8-14-24(25)23-12-6-3-7-13-23)28-16-18-29(19-17-28)33(31,32)20-22-10-4-2-5-11-22/h2-15,21H,16-20H2,1H3,(H,27,30)/t21-/m1/s1. The minimum atomic E-state index is -3.38. The lowest BCUT2D eigenvalue weighted by molar-refractivity contribution is -0.121. The van der Waals surface area contributed by atoms with Crippen molar-refractivity contribution in [2.75, 3.05) is 31.5 Å². The number of piperazine rings is 1. The number of carbonyl (C=O) groups is 1. The van der Waals surface area contributed by atoms with E-state index in [-0.39, 0.29) is 17.7 Å². The number of nitrogens with one attached hydrogen (secondary N) is 1. The smallest absolute Gasteiger partial charge is 0.241 e. The van der Waals surface area contributed by atoms with E-state index in [0.29, 0.717) is 26.2 Å². The summed E-state index contributed by atoms with van der Waals surface area (Å²) in [6.45, 7) is 3.67. The van der Waals surface area contributed by atoms with Crippen LogP contribution in [0.3, 0.4) is 0 Å². The first-order chi connectivity index (χ1) is 15.9. The molecule has 0 aliphatic carbocycles. The van der Waals surface area contributed by atoms with Gasteiger partial charge in [0.15, 0.2) is 0 Å². The van der Waals surface area contributed by atoms with Gasteiger partial charge in [-0.05, 0) is 24.1 Å². The summed E-state index contributed by atoms with van der Waals surface area (Å²) >= 11 is 0.